The number of hydrogen-bond acceptors (Lipinski definition) is 7. The van der Waals surface area contributed by atoms with E-state index < -0.39 is 4.92 Å². The third kappa shape index (κ3) is 2.83. The van der Waals surface area contributed by atoms with Gasteiger partial charge in [-0.1, -0.05) is 12.8 Å². The van der Waals surface area contributed by atoms with Crippen molar-refractivity contribution in [2.75, 3.05) is 17.3 Å². The maximum Gasteiger partial charge on any atom is 0.332 e. The molecule has 1 aromatic rings. The number of aromatic nitrogens is 2. The van der Waals surface area contributed by atoms with E-state index in [9.17, 15) is 10.1 Å². The molecule has 0 unspecified atom stereocenters. The second kappa shape index (κ2) is 5.13. The minimum absolute atomic E-state index is 0.0928. The van der Waals surface area contributed by atoms with Gasteiger partial charge in [-0.2, -0.15) is 4.98 Å². The largest absolute Gasteiger partial charge is 0.364 e. The SMILES string of the molecule is Cc1nc(NN)nc(NCCC2CC2)c1[N+](=O)[O-]. The highest BCUT2D eigenvalue weighted by Crippen LogP contribution is 2.32. The molecule has 1 aromatic heterocycles. The molecule has 98 valence electrons. The predicted octanol–water partition coefficient (Wildman–Crippen LogP) is 1.19. The average molecular weight is 252 g/mol. The lowest BCUT2D eigenvalue weighted by Crippen LogP contribution is -2.15. The Kier molecular flexibility index (Phi) is 3.56. The number of nitrogens with one attached hydrogen (secondary N) is 2. The molecule has 18 heavy (non-hydrogen) atoms. The summed E-state index contributed by atoms with van der Waals surface area (Å²) in [4.78, 5) is 18.4. The van der Waals surface area contributed by atoms with Crippen LogP contribution < -0.4 is 16.6 Å². The molecular weight excluding hydrogens is 236 g/mol. The van der Waals surface area contributed by atoms with E-state index in [-0.39, 0.29) is 23.1 Å². The molecule has 2 rings (SSSR count). The third-order valence-electron chi connectivity index (χ3n) is 2.91. The molecule has 0 amide bonds. The van der Waals surface area contributed by atoms with Crippen LogP contribution in [0.2, 0.25) is 0 Å². The average Bonchev–Trinajstić information content (AvgIpc) is 3.11. The van der Waals surface area contributed by atoms with Crippen LogP contribution >= 0.6 is 0 Å². The highest BCUT2D eigenvalue weighted by atomic mass is 16.6. The Morgan fingerprint density at radius 3 is 2.78 bits per heavy atom. The number of aryl methyl sites for hydroxylation is 1. The van der Waals surface area contributed by atoms with Crippen molar-refractivity contribution >= 4 is 17.5 Å². The molecule has 1 aliphatic rings. The summed E-state index contributed by atoms with van der Waals surface area (Å²) < 4.78 is 0. The highest BCUT2D eigenvalue weighted by Gasteiger charge is 2.24. The Balaban J connectivity index is 2.17. The lowest BCUT2D eigenvalue weighted by molar-refractivity contribution is -0.385. The summed E-state index contributed by atoms with van der Waals surface area (Å²) >= 11 is 0. The molecule has 0 aromatic carbocycles. The lowest BCUT2D eigenvalue weighted by Gasteiger charge is -2.08. The topological polar surface area (TPSA) is 119 Å². The van der Waals surface area contributed by atoms with Crippen LogP contribution in [0.4, 0.5) is 17.5 Å². The van der Waals surface area contributed by atoms with Crippen molar-refractivity contribution < 1.29 is 4.92 Å². The minimum atomic E-state index is -0.477. The van der Waals surface area contributed by atoms with Crippen LogP contribution in [0.25, 0.3) is 0 Å². The van der Waals surface area contributed by atoms with Crippen molar-refractivity contribution in [3.8, 4) is 0 Å². The Morgan fingerprint density at radius 1 is 1.50 bits per heavy atom. The van der Waals surface area contributed by atoms with Gasteiger partial charge in [0.2, 0.25) is 11.8 Å². The Bertz CT molecular complexity index is 460. The zero-order valence-corrected chi connectivity index (χ0v) is 10.1. The van der Waals surface area contributed by atoms with Crippen LogP contribution in [0.15, 0.2) is 0 Å². The van der Waals surface area contributed by atoms with Crippen LogP contribution in [-0.2, 0) is 0 Å². The summed E-state index contributed by atoms with van der Waals surface area (Å²) in [5, 5.41) is 14.0. The second-order valence-corrected chi connectivity index (χ2v) is 4.39. The Hall–Kier alpha value is -1.96. The van der Waals surface area contributed by atoms with Gasteiger partial charge in [-0.3, -0.25) is 15.5 Å². The maximum absolute atomic E-state index is 11.0. The molecular formula is C10H16N6O2. The highest BCUT2D eigenvalue weighted by molar-refractivity contribution is 5.60. The van der Waals surface area contributed by atoms with Crippen molar-refractivity contribution in [2.24, 2.45) is 11.8 Å². The van der Waals surface area contributed by atoms with Gasteiger partial charge in [-0.25, -0.2) is 10.8 Å². The van der Waals surface area contributed by atoms with Crippen LogP contribution in [0, 0.1) is 23.0 Å². The van der Waals surface area contributed by atoms with E-state index in [1.54, 1.807) is 6.92 Å². The first-order valence-electron chi connectivity index (χ1n) is 5.85. The van der Waals surface area contributed by atoms with Crippen molar-refractivity contribution in [3.05, 3.63) is 15.8 Å². The van der Waals surface area contributed by atoms with Gasteiger partial charge in [0.25, 0.3) is 0 Å². The van der Waals surface area contributed by atoms with E-state index in [0.717, 1.165) is 12.3 Å². The van der Waals surface area contributed by atoms with Gasteiger partial charge < -0.3 is 5.32 Å². The van der Waals surface area contributed by atoms with Crippen molar-refractivity contribution in [1.29, 1.82) is 0 Å². The standard InChI is InChI=1S/C10H16N6O2/c1-6-8(16(17)18)9(14-10(13-6)15-11)12-5-4-7-2-3-7/h7H,2-5,11H2,1H3,(H2,12,13,14,15). The first-order valence-corrected chi connectivity index (χ1v) is 5.85. The number of hydrazine groups is 1. The molecule has 0 spiro atoms. The van der Waals surface area contributed by atoms with Crippen LogP contribution in [0.3, 0.4) is 0 Å². The van der Waals surface area contributed by atoms with Gasteiger partial charge in [-0.05, 0) is 19.3 Å². The summed E-state index contributed by atoms with van der Waals surface area (Å²) in [7, 11) is 0. The van der Waals surface area contributed by atoms with Gasteiger partial charge in [-0.15, -0.1) is 0 Å². The van der Waals surface area contributed by atoms with Crippen LogP contribution in [0.5, 0.6) is 0 Å². The summed E-state index contributed by atoms with van der Waals surface area (Å²) in [5.74, 6) is 6.38. The molecule has 8 nitrogen and oxygen atoms in total. The minimum Gasteiger partial charge on any atom is -0.364 e. The lowest BCUT2D eigenvalue weighted by atomic mass is 10.3. The first-order chi connectivity index (χ1) is 8.61. The predicted molar refractivity (Wildman–Crippen MR) is 67.1 cm³/mol. The molecule has 0 aliphatic heterocycles. The Morgan fingerprint density at radius 2 is 2.22 bits per heavy atom. The molecule has 1 aliphatic carbocycles. The quantitative estimate of drug-likeness (QED) is 0.395. The molecule has 1 heterocycles. The van der Waals surface area contributed by atoms with E-state index in [1.165, 1.54) is 12.8 Å². The number of nitrogen functional groups attached to an aromatic ring is 1. The van der Waals surface area contributed by atoms with Gasteiger partial charge in [0.15, 0.2) is 0 Å². The number of nitro groups is 1. The molecule has 0 bridgehead atoms. The van der Waals surface area contributed by atoms with Crippen LogP contribution in [-0.4, -0.2) is 21.4 Å². The summed E-state index contributed by atoms with van der Waals surface area (Å²) in [6, 6.07) is 0. The Labute approximate surface area is 104 Å². The monoisotopic (exact) mass is 252 g/mol. The van der Waals surface area contributed by atoms with Gasteiger partial charge >= 0.3 is 5.69 Å². The summed E-state index contributed by atoms with van der Waals surface area (Å²) in [6.45, 7) is 2.23. The summed E-state index contributed by atoms with van der Waals surface area (Å²) in [6.07, 6.45) is 3.51. The number of nitrogens with zero attached hydrogens (tertiary/aromatic N) is 3. The van der Waals surface area contributed by atoms with E-state index in [0.29, 0.717) is 6.54 Å². The maximum atomic E-state index is 11.0. The number of anilines is 2. The fourth-order valence-electron chi connectivity index (χ4n) is 1.77. The van der Waals surface area contributed by atoms with Crippen molar-refractivity contribution in [1.82, 2.24) is 9.97 Å². The van der Waals surface area contributed by atoms with Gasteiger partial charge in [0, 0.05) is 6.54 Å². The van der Waals surface area contributed by atoms with Gasteiger partial charge in [0.05, 0.1) is 4.92 Å². The number of rotatable bonds is 6. The van der Waals surface area contributed by atoms with Crippen molar-refractivity contribution in [2.45, 2.75) is 26.2 Å². The molecule has 4 N–H and O–H groups in total. The molecule has 1 fully saturated rings. The van der Waals surface area contributed by atoms with Crippen molar-refractivity contribution in [3.63, 3.8) is 0 Å². The number of nitrogens with two attached hydrogens (primary N) is 1. The smallest absolute Gasteiger partial charge is 0.332 e. The molecule has 0 radical (unpaired) electrons. The second-order valence-electron chi connectivity index (χ2n) is 4.39. The molecule has 0 saturated heterocycles. The molecule has 1 saturated carbocycles. The molecule has 0 atom stereocenters. The molecule has 8 heteroatoms. The summed E-state index contributed by atoms with van der Waals surface area (Å²) in [5.41, 5.74) is 2.50. The van der Waals surface area contributed by atoms with E-state index >= 15 is 0 Å². The van der Waals surface area contributed by atoms with E-state index in [2.05, 4.69) is 20.7 Å². The third-order valence-corrected chi connectivity index (χ3v) is 2.91. The van der Waals surface area contributed by atoms with E-state index in [1.807, 2.05) is 0 Å². The van der Waals surface area contributed by atoms with Crippen LogP contribution in [0.1, 0.15) is 25.0 Å². The fraction of sp³-hybridized carbons (Fsp3) is 0.600. The normalized spacial score (nSPS) is 14.3. The zero-order valence-electron chi connectivity index (χ0n) is 10.1. The van der Waals surface area contributed by atoms with Gasteiger partial charge in [0.1, 0.15) is 5.69 Å². The first kappa shape index (κ1) is 12.5. The zero-order chi connectivity index (χ0) is 13.1. The number of hydrogen-bond donors (Lipinski definition) is 3. The van der Waals surface area contributed by atoms with E-state index in [4.69, 9.17) is 5.84 Å². The fourth-order valence-corrected chi connectivity index (χ4v) is 1.77.